The fourth-order valence-corrected chi connectivity index (χ4v) is 3.24. The third kappa shape index (κ3) is 2.85. The van der Waals surface area contributed by atoms with Gasteiger partial charge in [0, 0.05) is 5.69 Å². The van der Waals surface area contributed by atoms with Gasteiger partial charge in [0.25, 0.3) is 5.91 Å². The van der Waals surface area contributed by atoms with Crippen LogP contribution < -0.4 is 5.32 Å². The summed E-state index contributed by atoms with van der Waals surface area (Å²) in [6.45, 7) is 0.246. The Labute approximate surface area is 148 Å². The molecule has 26 heavy (non-hydrogen) atoms. The molecule has 0 saturated heterocycles. The van der Waals surface area contributed by atoms with E-state index in [1.54, 1.807) is 0 Å². The summed E-state index contributed by atoms with van der Waals surface area (Å²) in [4.78, 5) is 22.1. The van der Waals surface area contributed by atoms with Crippen LogP contribution in [0.25, 0.3) is 5.69 Å². The Kier molecular flexibility index (Phi) is 4.00. The van der Waals surface area contributed by atoms with Crippen molar-refractivity contribution in [2.45, 2.75) is 25.8 Å². The van der Waals surface area contributed by atoms with Crippen molar-refractivity contribution >= 4 is 11.8 Å². The van der Waals surface area contributed by atoms with Crippen LogP contribution in [0.3, 0.4) is 0 Å². The molecular weight excluding hydrogens is 336 g/mol. The van der Waals surface area contributed by atoms with Gasteiger partial charge in [-0.05, 0) is 43.0 Å². The summed E-state index contributed by atoms with van der Waals surface area (Å²) in [6.07, 6.45) is 2.94. The van der Waals surface area contributed by atoms with Crippen LogP contribution in [0, 0.1) is 10.1 Å². The van der Waals surface area contributed by atoms with Gasteiger partial charge in [0.15, 0.2) is 5.76 Å². The van der Waals surface area contributed by atoms with E-state index >= 15 is 0 Å². The van der Waals surface area contributed by atoms with Gasteiger partial charge in [-0.15, -0.1) is 0 Å². The predicted octanol–water partition coefficient (Wildman–Crippen LogP) is 2.79. The first kappa shape index (κ1) is 16.1. The van der Waals surface area contributed by atoms with Gasteiger partial charge in [0.2, 0.25) is 0 Å². The minimum Gasteiger partial charge on any atom is -0.395 e. The first-order valence-corrected chi connectivity index (χ1v) is 8.31. The molecule has 0 unspecified atom stereocenters. The molecule has 8 heteroatoms. The lowest BCUT2D eigenvalue weighted by molar-refractivity contribution is -0.402. The second-order valence-electron chi connectivity index (χ2n) is 6.05. The van der Waals surface area contributed by atoms with E-state index < -0.39 is 16.7 Å². The zero-order valence-corrected chi connectivity index (χ0v) is 13.8. The predicted molar refractivity (Wildman–Crippen MR) is 92.1 cm³/mol. The van der Waals surface area contributed by atoms with Gasteiger partial charge in [0.1, 0.15) is 4.92 Å². The first-order chi connectivity index (χ1) is 12.6. The maximum atomic E-state index is 12.2. The standard InChI is InChI=1S/C18H16N4O4/c23-18(16-9-10-17(26-16)22(24)25)19-11-14-13-7-4-8-15(13)21(20-14)12-5-2-1-3-6-12/h1-3,5-6,9-10H,4,7-8,11H2,(H,19,23). The van der Waals surface area contributed by atoms with Crippen molar-refractivity contribution in [3.05, 3.63) is 75.3 Å². The Morgan fingerprint density at radius 1 is 1.23 bits per heavy atom. The van der Waals surface area contributed by atoms with Gasteiger partial charge in [-0.1, -0.05) is 18.2 Å². The maximum Gasteiger partial charge on any atom is 0.433 e. The Morgan fingerprint density at radius 3 is 2.77 bits per heavy atom. The lowest BCUT2D eigenvalue weighted by Crippen LogP contribution is -2.23. The quantitative estimate of drug-likeness (QED) is 0.562. The van der Waals surface area contributed by atoms with E-state index in [-0.39, 0.29) is 12.3 Å². The number of carbonyl (C=O) groups excluding carboxylic acids is 1. The molecule has 0 fully saturated rings. The molecule has 0 aliphatic heterocycles. The van der Waals surface area contributed by atoms with Gasteiger partial charge in [0.05, 0.1) is 24.0 Å². The van der Waals surface area contributed by atoms with E-state index in [4.69, 9.17) is 4.42 Å². The number of fused-ring (bicyclic) bond motifs is 1. The van der Waals surface area contributed by atoms with E-state index in [1.807, 2.05) is 35.0 Å². The number of hydrogen-bond acceptors (Lipinski definition) is 5. The molecule has 1 aliphatic carbocycles. The lowest BCUT2D eigenvalue weighted by Gasteiger charge is -2.05. The molecule has 0 bridgehead atoms. The molecule has 4 rings (SSSR count). The Hall–Kier alpha value is -3.42. The van der Waals surface area contributed by atoms with Crippen LogP contribution in [0.5, 0.6) is 0 Å². The number of para-hydroxylation sites is 1. The highest BCUT2D eigenvalue weighted by Crippen LogP contribution is 2.27. The molecule has 1 aliphatic rings. The zero-order valence-electron chi connectivity index (χ0n) is 13.8. The van der Waals surface area contributed by atoms with Crippen LogP contribution in [0.15, 0.2) is 46.9 Å². The average molecular weight is 352 g/mol. The second-order valence-corrected chi connectivity index (χ2v) is 6.05. The van der Waals surface area contributed by atoms with Gasteiger partial charge in [-0.25, -0.2) is 4.68 Å². The fraction of sp³-hybridized carbons (Fsp3) is 0.222. The lowest BCUT2D eigenvalue weighted by atomic mass is 10.2. The molecule has 132 valence electrons. The average Bonchev–Trinajstić information content (AvgIpc) is 3.37. The number of furan rings is 1. The van der Waals surface area contributed by atoms with Crippen molar-refractivity contribution in [3.8, 4) is 5.69 Å². The topological polar surface area (TPSA) is 103 Å². The van der Waals surface area contributed by atoms with Crippen molar-refractivity contribution in [2.75, 3.05) is 0 Å². The third-order valence-corrected chi connectivity index (χ3v) is 4.43. The molecular formula is C18H16N4O4. The molecule has 8 nitrogen and oxygen atoms in total. The monoisotopic (exact) mass is 352 g/mol. The minimum absolute atomic E-state index is 0.0872. The largest absolute Gasteiger partial charge is 0.433 e. The number of carbonyl (C=O) groups is 1. The highest BCUT2D eigenvalue weighted by Gasteiger charge is 2.24. The molecule has 1 N–H and O–H groups in total. The van der Waals surface area contributed by atoms with E-state index in [9.17, 15) is 14.9 Å². The van der Waals surface area contributed by atoms with Crippen LogP contribution >= 0.6 is 0 Å². The molecule has 1 amide bonds. The number of rotatable bonds is 5. The Morgan fingerprint density at radius 2 is 2.04 bits per heavy atom. The Balaban J connectivity index is 1.53. The number of nitrogens with one attached hydrogen (secondary N) is 1. The smallest absolute Gasteiger partial charge is 0.395 e. The van der Waals surface area contributed by atoms with Gasteiger partial charge < -0.3 is 9.73 Å². The van der Waals surface area contributed by atoms with E-state index in [2.05, 4.69) is 10.4 Å². The van der Waals surface area contributed by atoms with Crippen molar-refractivity contribution in [2.24, 2.45) is 0 Å². The maximum absolute atomic E-state index is 12.2. The minimum atomic E-state index is -0.675. The molecule has 0 radical (unpaired) electrons. The summed E-state index contributed by atoms with van der Waals surface area (Å²) in [6, 6.07) is 12.3. The summed E-state index contributed by atoms with van der Waals surface area (Å²) < 4.78 is 6.86. The molecule has 1 aromatic carbocycles. The summed E-state index contributed by atoms with van der Waals surface area (Å²) >= 11 is 0. The Bertz CT molecular complexity index is 974. The number of benzene rings is 1. The van der Waals surface area contributed by atoms with Crippen LogP contribution in [0.4, 0.5) is 5.88 Å². The number of amides is 1. The normalized spacial score (nSPS) is 12.8. The summed E-state index contributed by atoms with van der Waals surface area (Å²) in [5, 5.41) is 18.0. The van der Waals surface area contributed by atoms with E-state index in [1.165, 1.54) is 17.3 Å². The second kappa shape index (κ2) is 6.47. The molecule has 0 saturated carbocycles. The summed E-state index contributed by atoms with van der Waals surface area (Å²) in [5.74, 6) is -1.04. The highest BCUT2D eigenvalue weighted by molar-refractivity contribution is 5.91. The molecule has 2 aromatic heterocycles. The summed E-state index contributed by atoms with van der Waals surface area (Å²) in [5.41, 5.74) is 4.15. The zero-order chi connectivity index (χ0) is 18.1. The van der Waals surface area contributed by atoms with Crippen LogP contribution in [-0.2, 0) is 19.4 Å². The van der Waals surface area contributed by atoms with E-state index in [0.29, 0.717) is 0 Å². The number of hydrogen-bond donors (Lipinski definition) is 1. The van der Waals surface area contributed by atoms with Crippen LogP contribution in [0.2, 0.25) is 0 Å². The van der Waals surface area contributed by atoms with Crippen molar-refractivity contribution in [1.82, 2.24) is 15.1 Å². The molecule has 3 aromatic rings. The number of nitrogens with zero attached hydrogens (tertiary/aromatic N) is 3. The SMILES string of the molecule is O=C(NCc1nn(-c2ccccc2)c2c1CCC2)c1ccc([N+](=O)[O-])o1. The van der Waals surface area contributed by atoms with Gasteiger partial charge >= 0.3 is 5.88 Å². The van der Waals surface area contributed by atoms with Crippen molar-refractivity contribution in [1.29, 1.82) is 0 Å². The number of aromatic nitrogens is 2. The molecule has 2 heterocycles. The van der Waals surface area contributed by atoms with Gasteiger partial charge in [-0.3, -0.25) is 14.9 Å². The van der Waals surface area contributed by atoms with E-state index in [0.717, 1.165) is 36.7 Å². The molecule has 0 spiro atoms. The third-order valence-electron chi connectivity index (χ3n) is 4.43. The fourth-order valence-electron chi connectivity index (χ4n) is 3.24. The summed E-state index contributed by atoms with van der Waals surface area (Å²) in [7, 11) is 0. The first-order valence-electron chi connectivity index (χ1n) is 8.31. The van der Waals surface area contributed by atoms with Crippen molar-refractivity contribution in [3.63, 3.8) is 0 Å². The van der Waals surface area contributed by atoms with Crippen LogP contribution in [-0.4, -0.2) is 20.6 Å². The number of nitro groups is 1. The van der Waals surface area contributed by atoms with Crippen molar-refractivity contribution < 1.29 is 14.1 Å². The molecule has 0 atom stereocenters. The van der Waals surface area contributed by atoms with Gasteiger partial charge in [-0.2, -0.15) is 5.10 Å². The highest BCUT2D eigenvalue weighted by atomic mass is 16.6. The van der Waals surface area contributed by atoms with Crippen LogP contribution in [0.1, 0.15) is 33.9 Å².